The minimum atomic E-state index is -4.50. The molecule has 162 valence electrons. The minimum absolute atomic E-state index is 0.116. The normalized spacial score (nSPS) is 16.5. The Labute approximate surface area is 179 Å². The van der Waals surface area contributed by atoms with Crippen LogP contribution in [0.25, 0.3) is 16.0 Å². The van der Waals surface area contributed by atoms with Crippen molar-refractivity contribution in [3.8, 4) is 10.4 Å². The molecule has 9 heteroatoms. The predicted octanol–water partition coefficient (Wildman–Crippen LogP) is 4.58. The van der Waals surface area contributed by atoms with Gasteiger partial charge in [0, 0.05) is 29.0 Å². The molecule has 2 N–H and O–H groups in total. The molecule has 5 rings (SSSR count). The van der Waals surface area contributed by atoms with E-state index in [1.54, 1.807) is 6.92 Å². The van der Waals surface area contributed by atoms with Crippen LogP contribution in [0.5, 0.6) is 0 Å². The Kier molecular flexibility index (Phi) is 4.53. The van der Waals surface area contributed by atoms with Crippen LogP contribution in [0.2, 0.25) is 0 Å². The summed E-state index contributed by atoms with van der Waals surface area (Å²) in [4.78, 5) is 25.2. The Morgan fingerprint density at radius 1 is 1.32 bits per heavy atom. The van der Waals surface area contributed by atoms with Gasteiger partial charge in [-0.05, 0) is 66.5 Å². The van der Waals surface area contributed by atoms with Crippen molar-refractivity contribution in [1.29, 1.82) is 0 Å². The highest BCUT2D eigenvalue weighted by Gasteiger charge is 2.40. The van der Waals surface area contributed by atoms with E-state index < -0.39 is 23.3 Å². The predicted molar refractivity (Wildman–Crippen MR) is 111 cm³/mol. The van der Waals surface area contributed by atoms with E-state index in [-0.39, 0.29) is 22.9 Å². The van der Waals surface area contributed by atoms with Crippen LogP contribution >= 0.6 is 11.3 Å². The van der Waals surface area contributed by atoms with Crippen molar-refractivity contribution in [2.45, 2.75) is 44.8 Å². The first-order valence-corrected chi connectivity index (χ1v) is 10.8. The van der Waals surface area contributed by atoms with Gasteiger partial charge in [-0.1, -0.05) is 0 Å². The van der Waals surface area contributed by atoms with Gasteiger partial charge in [0.25, 0.3) is 5.56 Å². The average Bonchev–Trinajstić information content (AvgIpc) is 3.46. The highest BCUT2D eigenvalue weighted by atomic mass is 32.1. The van der Waals surface area contributed by atoms with Crippen LogP contribution in [0.15, 0.2) is 23.1 Å². The number of pyridine rings is 2. The standard InChI is InChI=1S/C22H19F3N2O3S/c1-10-12(19-17(22(23,24)25)15-9-26-6-4-16(15)31-19)5-7-27-18(10)13(11-2-3-11)8-14(20(27)28)21(29)30/h5,7-8,11,26H,2-4,6,9H2,1H3,(H,29,30). The number of carbonyl (C=O) groups is 1. The Morgan fingerprint density at radius 2 is 2.06 bits per heavy atom. The molecular formula is C22H19F3N2O3S. The molecule has 0 amide bonds. The van der Waals surface area contributed by atoms with Crippen molar-refractivity contribution in [3.63, 3.8) is 0 Å². The summed E-state index contributed by atoms with van der Waals surface area (Å²) in [7, 11) is 0. The maximum atomic E-state index is 14.1. The minimum Gasteiger partial charge on any atom is -0.477 e. The second-order valence-corrected chi connectivity index (χ2v) is 9.21. The number of hydrogen-bond donors (Lipinski definition) is 2. The zero-order valence-electron chi connectivity index (χ0n) is 16.6. The molecule has 0 unspecified atom stereocenters. The van der Waals surface area contributed by atoms with Gasteiger partial charge in [-0.25, -0.2) is 4.79 Å². The highest BCUT2D eigenvalue weighted by molar-refractivity contribution is 7.16. The number of aromatic carboxylic acids is 1. The van der Waals surface area contributed by atoms with Crippen LogP contribution in [0.4, 0.5) is 13.2 Å². The van der Waals surface area contributed by atoms with Crippen molar-refractivity contribution in [2.75, 3.05) is 6.54 Å². The largest absolute Gasteiger partial charge is 0.477 e. The lowest BCUT2D eigenvalue weighted by molar-refractivity contribution is -0.137. The SMILES string of the molecule is Cc1c(-c2sc3c(c2C(F)(F)F)CNCC3)ccn2c(=O)c(C(=O)O)cc(C3CC3)c12. The van der Waals surface area contributed by atoms with E-state index in [1.807, 2.05) is 0 Å². The molecule has 1 saturated carbocycles. The van der Waals surface area contributed by atoms with Gasteiger partial charge >= 0.3 is 12.1 Å². The van der Waals surface area contributed by atoms with Crippen molar-refractivity contribution in [2.24, 2.45) is 0 Å². The fourth-order valence-corrected chi connectivity index (χ4v) is 5.93. The van der Waals surface area contributed by atoms with Crippen LogP contribution in [0, 0.1) is 6.92 Å². The van der Waals surface area contributed by atoms with E-state index in [1.165, 1.54) is 34.1 Å². The summed E-state index contributed by atoms with van der Waals surface area (Å²) in [6, 6.07) is 2.91. The quantitative estimate of drug-likeness (QED) is 0.616. The van der Waals surface area contributed by atoms with Gasteiger partial charge in [0.05, 0.1) is 11.1 Å². The molecule has 0 saturated heterocycles. The van der Waals surface area contributed by atoms with Crippen molar-refractivity contribution < 1.29 is 23.1 Å². The third-order valence-corrected chi connectivity index (χ3v) is 7.43. The van der Waals surface area contributed by atoms with Gasteiger partial charge in [-0.2, -0.15) is 13.2 Å². The Balaban J connectivity index is 1.83. The number of carboxylic acids is 1. The number of thiophene rings is 1. The molecule has 0 atom stereocenters. The molecule has 1 aliphatic carbocycles. The lowest BCUT2D eigenvalue weighted by atomic mass is 9.96. The van der Waals surface area contributed by atoms with Crippen LogP contribution in [-0.2, 0) is 19.1 Å². The summed E-state index contributed by atoms with van der Waals surface area (Å²) in [6.45, 7) is 2.54. The number of nitrogens with zero attached hydrogens (tertiary/aromatic N) is 1. The zero-order valence-corrected chi connectivity index (χ0v) is 17.4. The summed E-state index contributed by atoms with van der Waals surface area (Å²) >= 11 is 1.17. The monoisotopic (exact) mass is 448 g/mol. The van der Waals surface area contributed by atoms with E-state index >= 15 is 0 Å². The molecule has 5 nitrogen and oxygen atoms in total. The van der Waals surface area contributed by atoms with Crippen LogP contribution in [0.3, 0.4) is 0 Å². The molecule has 1 fully saturated rings. The number of rotatable bonds is 3. The zero-order chi connectivity index (χ0) is 22.1. The third-order valence-electron chi connectivity index (χ3n) is 6.11. The van der Waals surface area contributed by atoms with Gasteiger partial charge in [0.15, 0.2) is 0 Å². The van der Waals surface area contributed by atoms with Gasteiger partial charge in [0.1, 0.15) is 5.56 Å². The van der Waals surface area contributed by atoms with E-state index in [2.05, 4.69) is 5.32 Å². The number of hydrogen-bond acceptors (Lipinski definition) is 4. The number of fused-ring (bicyclic) bond motifs is 2. The van der Waals surface area contributed by atoms with Gasteiger partial charge in [-0.15, -0.1) is 11.3 Å². The number of aromatic nitrogens is 1. The van der Waals surface area contributed by atoms with Crippen LogP contribution in [0.1, 0.15) is 56.2 Å². The maximum Gasteiger partial charge on any atom is 0.418 e. The van der Waals surface area contributed by atoms with E-state index in [9.17, 15) is 27.9 Å². The third kappa shape index (κ3) is 3.18. The summed E-state index contributed by atoms with van der Waals surface area (Å²) in [6.07, 6.45) is -0.810. The number of halogens is 3. The topological polar surface area (TPSA) is 70.8 Å². The molecule has 4 heterocycles. The van der Waals surface area contributed by atoms with Crippen molar-refractivity contribution in [3.05, 3.63) is 61.4 Å². The summed E-state index contributed by atoms with van der Waals surface area (Å²) in [5.41, 5.74) is 0.947. The number of alkyl halides is 3. The number of nitrogens with one attached hydrogen (secondary N) is 1. The fraction of sp³-hybridized carbons (Fsp3) is 0.364. The molecule has 1 aliphatic heterocycles. The first-order chi connectivity index (χ1) is 14.7. The van der Waals surface area contributed by atoms with Gasteiger partial charge in [-0.3, -0.25) is 9.20 Å². The molecule has 31 heavy (non-hydrogen) atoms. The van der Waals surface area contributed by atoms with E-state index in [0.717, 1.165) is 17.7 Å². The number of carboxylic acid groups (broad SMARTS) is 1. The smallest absolute Gasteiger partial charge is 0.418 e. The molecule has 0 aromatic carbocycles. The summed E-state index contributed by atoms with van der Waals surface area (Å²) in [5.74, 6) is -1.19. The Bertz CT molecular complexity index is 1300. The second kappa shape index (κ2) is 6.93. The average molecular weight is 448 g/mol. The number of aryl methyl sites for hydroxylation is 1. The van der Waals surface area contributed by atoms with Crippen LogP contribution < -0.4 is 10.9 Å². The van der Waals surface area contributed by atoms with Crippen LogP contribution in [-0.4, -0.2) is 22.0 Å². The molecule has 0 bridgehead atoms. The highest BCUT2D eigenvalue weighted by Crippen LogP contribution is 2.49. The lowest BCUT2D eigenvalue weighted by Crippen LogP contribution is -2.24. The Hall–Kier alpha value is -2.65. The maximum absolute atomic E-state index is 14.1. The van der Waals surface area contributed by atoms with Gasteiger partial charge < -0.3 is 10.4 Å². The van der Waals surface area contributed by atoms with E-state index in [0.29, 0.717) is 40.7 Å². The molecule has 0 radical (unpaired) electrons. The second-order valence-electron chi connectivity index (χ2n) is 8.10. The Morgan fingerprint density at radius 3 is 2.71 bits per heavy atom. The summed E-state index contributed by atoms with van der Waals surface area (Å²) in [5, 5.41) is 12.5. The first kappa shape index (κ1) is 20.3. The molecule has 3 aromatic rings. The van der Waals surface area contributed by atoms with Crippen molar-refractivity contribution in [1.82, 2.24) is 9.72 Å². The molecule has 3 aromatic heterocycles. The summed E-state index contributed by atoms with van der Waals surface area (Å²) < 4.78 is 43.5. The lowest BCUT2D eigenvalue weighted by Gasteiger charge is -2.18. The fourth-order valence-electron chi connectivity index (χ4n) is 4.51. The molecular weight excluding hydrogens is 429 g/mol. The van der Waals surface area contributed by atoms with Crippen molar-refractivity contribution >= 4 is 22.8 Å². The molecule has 2 aliphatic rings. The van der Waals surface area contributed by atoms with E-state index in [4.69, 9.17) is 0 Å². The first-order valence-electron chi connectivity index (χ1n) is 10.0. The molecule has 0 spiro atoms. The van der Waals surface area contributed by atoms with Gasteiger partial charge in [0.2, 0.25) is 0 Å².